The number of carbonyl (C=O) groups is 1. The summed E-state index contributed by atoms with van der Waals surface area (Å²) in [5, 5.41) is 4.14. The molecule has 5 nitrogen and oxygen atoms in total. The van der Waals surface area contributed by atoms with E-state index in [0.717, 1.165) is 47.7 Å². The Kier molecular flexibility index (Phi) is 7.68. The first-order valence-electron chi connectivity index (χ1n) is 8.73. The van der Waals surface area contributed by atoms with Crippen molar-refractivity contribution in [3.8, 4) is 10.8 Å². The number of amides is 1. The molecule has 1 N–H and O–H groups in total. The molecule has 1 atom stereocenters. The molecule has 0 aliphatic carbocycles. The lowest BCUT2D eigenvalue weighted by molar-refractivity contribution is 0.0660. The summed E-state index contributed by atoms with van der Waals surface area (Å²) in [4.78, 5) is 19.5. The molecule has 3 heterocycles. The van der Waals surface area contributed by atoms with Crippen molar-refractivity contribution in [1.29, 1.82) is 0 Å². The summed E-state index contributed by atoms with van der Waals surface area (Å²) in [5.41, 5.74) is 0.955. The second-order valence-corrected chi connectivity index (χ2v) is 7.33. The smallest absolute Gasteiger partial charge is 0.289 e. The van der Waals surface area contributed by atoms with Crippen LogP contribution >= 0.6 is 36.2 Å². The van der Waals surface area contributed by atoms with E-state index < -0.39 is 0 Å². The van der Waals surface area contributed by atoms with Crippen molar-refractivity contribution in [2.24, 2.45) is 0 Å². The van der Waals surface area contributed by atoms with Gasteiger partial charge in [0.1, 0.15) is 0 Å². The monoisotopic (exact) mass is 427 g/mol. The first-order valence-corrected chi connectivity index (χ1v) is 9.55. The van der Waals surface area contributed by atoms with Gasteiger partial charge in [-0.15, -0.1) is 36.2 Å². The highest BCUT2D eigenvalue weighted by Crippen LogP contribution is 2.31. The van der Waals surface area contributed by atoms with E-state index in [2.05, 4.69) is 17.2 Å². The zero-order valence-electron chi connectivity index (χ0n) is 15.0. The van der Waals surface area contributed by atoms with Crippen molar-refractivity contribution < 1.29 is 9.21 Å². The Bertz CT molecular complexity index is 857. The van der Waals surface area contributed by atoms with Crippen LogP contribution < -0.4 is 5.32 Å². The van der Waals surface area contributed by atoms with Crippen LogP contribution in [0.3, 0.4) is 0 Å². The van der Waals surface area contributed by atoms with Gasteiger partial charge in [0.25, 0.3) is 5.91 Å². The Morgan fingerprint density at radius 3 is 2.81 bits per heavy atom. The Hall–Kier alpha value is -1.60. The largest absolute Gasteiger partial charge is 0.448 e. The highest BCUT2D eigenvalue weighted by molar-refractivity contribution is 7.21. The number of hydrogen-bond donors (Lipinski definition) is 1. The van der Waals surface area contributed by atoms with Crippen LogP contribution in [0.25, 0.3) is 21.0 Å². The van der Waals surface area contributed by atoms with Crippen LogP contribution in [0, 0.1) is 0 Å². The minimum Gasteiger partial charge on any atom is -0.448 e. The fourth-order valence-corrected chi connectivity index (χ4v) is 4.21. The van der Waals surface area contributed by atoms with Crippen molar-refractivity contribution in [2.75, 3.05) is 19.6 Å². The number of aromatic nitrogens is 1. The maximum Gasteiger partial charge on any atom is 0.289 e. The predicted molar refractivity (Wildman–Crippen MR) is 114 cm³/mol. The number of rotatable bonds is 5. The first-order chi connectivity index (χ1) is 12.3. The Labute approximate surface area is 175 Å². The second-order valence-electron chi connectivity index (χ2n) is 6.30. The number of nitrogens with one attached hydrogen (secondary N) is 1. The summed E-state index contributed by atoms with van der Waals surface area (Å²) in [6, 6.07) is 11.9. The number of hydrogen-bond acceptors (Lipinski definition) is 5. The molecule has 27 heavy (non-hydrogen) atoms. The van der Waals surface area contributed by atoms with E-state index in [-0.39, 0.29) is 36.8 Å². The summed E-state index contributed by atoms with van der Waals surface area (Å²) < 4.78 is 7.00. The van der Waals surface area contributed by atoms with Gasteiger partial charge in [-0.25, -0.2) is 4.98 Å². The van der Waals surface area contributed by atoms with Gasteiger partial charge in [0.15, 0.2) is 16.5 Å². The highest BCUT2D eigenvalue weighted by Gasteiger charge is 2.28. The third kappa shape index (κ3) is 4.46. The average molecular weight is 428 g/mol. The molecule has 3 aromatic rings. The number of thiazole rings is 1. The van der Waals surface area contributed by atoms with E-state index in [1.54, 1.807) is 17.4 Å². The van der Waals surface area contributed by atoms with Crippen molar-refractivity contribution >= 4 is 52.3 Å². The quantitative estimate of drug-likeness (QED) is 0.645. The van der Waals surface area contributed by atoms with Crippen LogP contribution in [-0.4, -0.2) is 41.5 Å². The van der Waals surface area contributed by atoms with Gasteiger partial charge in [0, 0.05) is 19.1 Å². The lowest BCUT2D eigenvalue weighted by Gasteiger charge is -2.27. The van der Waals surface area contributed by atoms with Gasteiger partial charge in [-0.1, -0.05) is 19.1 Å². The number of para-hydroxylation sites is 1. The molecule has 1 saturated heterocycles. The van der Waals surface area contributed by atoms with Crippen LogP contribution in [-0.2, 0) is 0 Å². The number of halogens is 2. The Balaban J connectivity index is 0.00000131. The highest BCUT2D eigenvalue weighted by atomic mass is 35.5. The lowest BCUT2D eigenvalue weighted by atomic mass is 10.2. The molecule has 1 unspecified atom stereocenters. The fourth-order valence-electron chi connectivity index (χ4n) is 3.28. The molecule has 0 bridgehead atoms. The fraction of sp³-hybridized carbons (Fsp3) is 0.368. The summed E-state index contributed by atoms with van der Waals surface area (Å²) in [6.45, 7) is 4.67. The van der Waals surface area contributed by atoms with E-state index in [1.807, 2.05) is 35.2 Å². The van der Waals surface area contributed by atoms with E-state index in [9.17, 15) is 4.79 Å². The SMILES string of the molecule is CCCN(C(=O)c1ccc(-c2nc3ccccc3s2)o1)C1CCNC1.Cl.Cl. The van der Waals surface area contributed by atoms with E-state index in [1.165, 1.54) is 0 Å². The topological polar surface area (TPSA) is 58.4 Å². The van der Waals surface area contributed by atoms with Crippen LogP contribution in [0.15, 0.2) is 40.8 Å². The summed E-state index contributed by atoms with van der Waals surface area (Å²) >= 11 is 1.58. The van der Waals surface area contributed by atoms with E-state index in [4.69, 9.17) is 4.42 Å². The third-order valence-electron chi connectivity index (χ3n) is 4.52. The van der Waals surface area contributed by atoms with Crippen LogP contribution in [0.4, 0.5) is 0 Å². The molecule has 0 radical (unpaired) electrons. The summed E-state index contributed by atoms with van der Waals surface area (Å²) in [6.07, 6.45) is 1.94. The minimum absolute atomic E-state index is 0. The maximum absolute atomic E-state index is 12.9. The zero-order valence-corrected chi connectivity index (χ0v) is 17.5. The molecular weight excluding hydrogens is 405 g/mol. The van der Waals surface area contributed by atoms with Gasteiger partial charge in [-0.2, -0.15) is 0 Å². The maximum atomic E-state index is 12.9. The predicted octanol–water partition coefficient (Wildman–Crippen LogP) is 4.61. The Morgan fingerprint density at radius 1 is 1.30 bits per heavy atom. The van der Waals surface area contributed by atoms with Gasteiger partial charge < -0.3 is 14.6 Å². The van der Waals surface area contributed by atoms with Gasteiger partial charge >= 0.3 is 0 Å². The Morgan fingerprint density at radius 2 is 2.11 bits per heavy atom. The van der Waals surface area contributed by atoms with Crippen LogP contribution in [0.5, 0.6) is 0 Å². The van der Waals surface area contributed by atoms with Gasteiger partial charge in [0.05, 0.1) is 10.2 Å². The average Bonchev–Trinajstić information content (AvgIpc) is 3.38. The lowest BCUT2D eigenvalue weighted by Crippen LogP contribution is -2.41. The number of nitrogens with zero attached hydrogens (tertiary/aromatic N) is 2. The van der Waals surface area contributed by atoms with Gasteiger partial charge in [0.2, 0.25) is 0 Å². The van der Waals surface area contributed by atoms with Crippen LogP contribution in [0.2, 0.25) is 0 Å². The van der Waals surface area contributed by atoms with Gasteiger partial charge in [-0.05, 0) is 43.7 Å². The summed E-state index contributed by atoms with van der Waals surface area (Å²) in [7, 11) is 0. The summed E-state index contributed by atoms with van der Waals surface area (Å²) in [5.74, 6) is 1.03. The zero-order chi connectivity index (χ0) is 17.2. The molecule has 2 aromatic heterocycles. The normalized spacial score (nSPS) is 16.0. The molecule has 1 aliphatic rings. The molecule has 1 aliphatic heterocycles. The molecule has 0 spiro atoms. The van der Waals surface area contributed by atoms with Crippen molar-refractivity contribution in [3.63, 3.8) is 0 Å². The number of fused-ring (bicyclic) bond motifs is 1. The number of furan rings is 1. The molecular formula is C19H23Cl2N3O2S. The third-order valence-corrected chi connectivity index (χ3v) is 5.57. The molecule has 146 valence electrons. The van der Waals surface area contributed by atoms with Gasteiger partial charge in [-0.3, -0.25) is 4.79 Å². The molecule has 1 fully saturated rings. The van der Waals surface area contributed by atoms with Crippen molar-refractivity contribution in [3.05, 3.63) is 42.2 Å². The van der Waals surface area contributed by atoms with Crippen molar-refractivity contribution in [1.82, 2.24) is 15.2 Å². The van der Waals surface area contributed by atoms with E-state index >= 15 is 0 Å². The minimum atomic E-state index is -0.0251. The number of benzene rings is 1. The molecule has 1 aromatic carbocycles. The standard InChI is InChI=1S/C19H21N3O2S.2ClH/c1-2-11-22(13-9-10-20-12-13)19(23)16-8-7-15(24-16)18-21-14-5-3-4-6-17(14)25-18;;/h3-8,13,20H,2,9-12H2,1H3;2*1H. The van der Waals surface area contributed by atoms with E-state index in [0.29, 0.717) is 11.5 Å². The molecule has 4 rings (SSSR count). The van der Waals surface area contributed by atoms with Crippen molar-refractivity contribution in [2.45, 2.75) is 25.8 Å². The second kappa shape index (κ2) is 9.55. The number of carbonyl (C=O) groups excluding carboxylic acids is 1. The molecule has 0 saturated carbocycles. The first kappa shape index (κ1) is 21.7. The molecule has 8 heteroatoms. The molecule has 1 amide bonds. The van der Waals surface area contributed by atoms with Crippen LogP contribution in [0.1, 0.15) is 30.3 Å².